The summed E-state index contributed by atoms with van der Waals surface area (Å²) in [6, 6.07) is 0. The third-order valence-electron chi connectivity index (χ3n) is 9.43. The number of aromatic amines is 2. The van der Waals surface area contributed by atoms with Gasteiger partial charge in [-0.2, -0.15) is 0 Å². The van der Waals surface area contributed by atoms with Crippen LogP contribution in [0.15, 0.2) is 61.4 Å². The molecule has 1 unspecified atom stereocenters. The van der Waals surface area contributed by atoms with Gasteiger partial charge in [-0.1, -0.05) is 23.3 Å². The van der Waals surface area contributed by atoms with Crippen molar-refractivity contribution in [1.82, 2.24) is 9.97 Å². The van der Waals surface area contributed by atoms with Crippen LogP contribution in [0, 0.1) is 33.1 Å². The lowest BCUT2D eigenvalue weighted by Crippen LogP contribution is -2.23. The quantitative estimate of drug-likeness (QED) is 0.424. The van der Waals surface area contributed by atoms with E-state index in [4.69, 9.17) is 9.98 Å². The van der Waals surface area contributed by atoms with Crippen molar-refractivity contribution in [3.8, 4) is 0 Å². The summed E-state index contributed by atoms with van der Waals surface area (Å²) in [6.07, 6.45) is 14.2. The first-order valence-corrected chi connectivity index (χ1v) is 13.6. The highest BCUT2D eigenvalue weighted by molar-refractivity contribution is 6.23. The minimum absolute atomic E-state index is 0.143. The smallest absolute Gasteiger partial charge is 0.0690 e. The van der Waals surface area contributed by atoms with E-state index in [0.717, 1.165) is 45.6 Å². The zero-order valence-corrected chi connectivity index (χ0v) is 24.6. The number of fused-ring (bicyclic) bond motifs is 1. The van der Waals surface area contributed by atoms with Crippen LogP contribution in [0.5, 0.6) is 0 Å². The van der Waals surface area contributed by atoms with Crippen molar-refractivity contribution in [2.24, 2.45) is 15.4 Å². The first-order chi connectivity index (χ1) is 18.0. The summed E-state index contributed by atoms with van der Waals surface area (Å²) >= 11 is 0. The van der Waals surface area contributed by atoms with E-state index in [1.807, 2.05) is 6.92 Å². The molecular formula is C34H40N4. The lowest BCUT2D eigenvalue weighted by Gasteiger charge is -2.33. The molecule has 4 heteroatoms. The van der Waals surface area contributed by atoms with Crippen molar-refractivity contribution >= 4 is 30.2 Å². The van der Waals surface area contributed by atoms with Gasteiger partial charge < -0.3 is 9.97 Å². The Labute approximate surface area is 226 Å². The molecule has 1 atom stereocenters. The minimum atomic E-state index is -0.143. The predicted octanol–water partition coefficient (Wildman–Crippen LogP) is 6.98. The van der Waals surface area contributed by atoms with Crippen molar-refractivity contribution in [1.29, 1.82) is 0 Å². The molecule has 2 aliphatic heterocycles. The second kappa shape index (κ2) is 9.27. The van der Waals surface area contributed by atoms with Crippen LogP contribution in [0.25, 0.3) is 18.2 Å². The Balaban J connectivity index is 1.57. The van der Waals surface area contributed by atoms with E-state index >= 15 is 0 Å². The van der Waals surface area contributed by atoms with Gasteiger partial charge in [-0.25, -0.2) is 4.99 Å². The molecule has 0 spiro atoms. The van der Waals surface area contributed by atoms with Gasteiger partial charge in [0.25, 0.3) is 0 Å². The number of aromatic nitrogens is 2. The Kier molecular flexibility index (Phi) is 6.33. The van der Waals surface area contributed by atoms with E-state index < -0.39 is 0 Å². The summed E-state index contributed by atoms with van der Waals surface area (Å²) in [7, 11) is 0. The number of allylic oxidation sites excluding steroid dienone is 6. The normalized spacial score (nSPS) is 24.5. The fraction of sp³-hybridized carbons (Fsp3) is 0.353. The summed E-state index contributed by atoms with van der Waals surface area (Å²) in [5, 5.41) is 2.24. The molecule has 0 amide bonds. The van der Waals surface area contributed by atoms with Crippen LogP contribution in [-0.2, 0) is 0 Å². The molecule has 196 valence electrons. The molecule has 2 aromatic heterocycles. The fourth-order valence-electron chi connectivity index (χ4n) is 5.81. The second-order valence-corrected chi connectivity index (χ2v) is 11.3. The van der Waals surface area contributed by atoms with Crippen LogP contribution in [0.1, 0.15) is 81.6 Å². The zero-order chi connectivity index (χ0) is 27.5. The first-order valence-electron chi connectivity index (χ1n) is 13.6. The lowest BCUT2D eigenvalue weighted by molar-refractivity contribution is 0.589. The van der Waals surface area contributed by atoms with Gasteiger partial charge in [0.2, 0.25) is 0 Å². The number of rotatable bonds is 3. The van der Waals surface area contributed by atoms with Gasteiger partial charge in [-0.05, 0) is 133 Å². The van der Waals surface area contributed by atoms with Gasteiger partial charge in [0.1, 0.15) is 0 Å². The third kappa shape index (κ3) is 3.89. The van der Waals surface area contributed by atoms with Crippen molar-refractivity contribution in [2.45, 2.75) is 75.7 Å². The van der Waals surface area contributed by atoms with Gasteiger partial charge in [0, 0.05) is 28.3 Å². The third-order valence-corrected chi connectivity index (χ3v) is 9.43. The maximum Gasteiger partial charge on any atom is 0.0690 e. The van der Waals surface area contributed by atoms with Gasteiger partial charge in [0.05, 0.1) is 22.5 Å². The summed E-state index contributed by atoms with van der Waals surface area (Å²) < 4.78 is 0. The number of nitrogens with one attached hydrogen (secondary N) is 2. The summed E-state index contributed by atoms with van der Waals surface area (Å²) in [5.74, 6) is 0. The highest BCUT2D eigenvalue weighted by Gasteiger charge is 2.40. The van der Waals surface area contributed by atoms with Crippen molar-refractivity contribution in [3.05, 3.63) is 95.8 Å². The molecule has 4 nitrogen and oxygen atoms in total. The fourth-order valence-corrected chi connectivity index (χ4v) is 5.81. The zero-order valence-electron chi connectivity index (χ0n) is 24.6. The Morgan fingerprint density at radius 2 is 1.42 bits per heavy atom. The molecule has 0 fully saturated rings. The van der Waals surface area contributed by atoms with Crippen LogP contribution in [0.3, 0.4) is 0 Å². The van der Waals surface area contributed by atoms with Crippen molar-refractivity contribution in [3.63, 3.8) is 0 Å². The summed E-state index contributed by atoms with van der Waals surface area (Å²) in [4.78, 5) is 17.1. The average Bonchev–Trinajstić information content (AvgIpc) is 3.55. The standard InChI is InChI=1S/C34H40N4/c1-11-27-19(3)20(4)28(36-27)14-29-21(5)22(6)30(37-29)15-31-23(7)24(8)32(38-31)16-33-34(10)25(9)18(2)12-13-26(34)17-35-33/h11,13-17,37-38H,12H2,1-10H3/b27-11-,29-14?,30-15-,33-16-. The summed E-state index contributed by atoms with van der Waals surface area (Å²) in [5.41, 5.74) is 17.0. The number of hydrogen-bond donors (Lipinski definition) is 2. The second-order valence-electron chi connectivity index (χ2n) is 11.3. The highest BCUT2D eigenvalue weighted by atomic mass is 14.8. The molecular weight excluding hydrogens is 464 g/mol. The maximum absolute atomic E-state index is 4.87. The first kappa shape index (κ1) is 26.0. The number of aliphatic imine (C=N–C) groups is 2. The molecule has 1 aliphatic carbocycles. The maximum atomic E-state index is 4.87. The molecule has 0 radical (unpaired) electrons. The molecule has 2 N–H and O–H groups in total. The van der Waals surface area contributed by atoms with Crippen molar-refractivity contribution < 1.29 is 0 Å². The SMILES string of the molecule is C/C=C1\N=C(C=c2[nH]/c(=C\c3[nH]c(/C=C4\N=CC5=CCC(C)=C(C)C54C)c(C)c3C)c(C)c2C)C(C)=C1C. The van der Waals surface area contributed by atoms with Crippen LogP contribution in [0.2, 0.25) is 0 Å². The lowest BCUT2D eigenvalue weighted by atomic mass is 9.70. The van der Waals surface area contributed by atoms with Gasteiger partial charge in [-0.3, -0.25) is 4.99 Å². The van der Waals surface area contributed by atoms with Crippen LogP contribution >= 0.6 is 0 Å². The molecule has 38 heavy (non-hydrogen) atoms. The topological polar surface area (TPSA) is 56.3 Å². The van der Waals surface area contributed by atoms with Gasteiger partial charge in [-0.15, -0.1) is 0 Å². The Morgan fingerprint density at radius 3 is 2.05 bits per heavy atom. The van der Waals surface area contributed by atoms with Gasteiger partial charge >= 0.3 is 0 Å². The highest BCUT2D eigenvalue weighted by Crippen LogP contribution is 2.50. The molecule has 0 saturated heterocycles. The molecule has 0 saturated carbocycles. The van der Waals surface area contributed by atoms with E-state index in [1.54, 1.807) is 0 Å². The largest absolute Gasteiger partial charge is 0.355 e. The Bertz CT molecular complexity index is 1720. The monoisotopic (exact) mass is 504 g/mol. The molecule has 3 aliphatic rings. The van der Waals surface area contributed by atoms with Crippen molar-refractivity contribution in [2.75, 3.05) is 0 Å². The number of hydrogen-bond acceptors (Lipinski definition) is 2. The molecule has 5 rings (SSSR count). The minimum Gasteiger partial charge on any atom is -0.355 e. The van der Waals surface area contributed by atoms with E-state index in [9.17, 15) is 0 Å². The van der Waals surface area contributed by atoms with E-state index in [-0.39, 0.29) is 5.41 Å². The van der Waals surface area contributed by atoms with Crippen LogP contribution < -0.4 is 10.7 Å². The van der Waals surface area contributed by atoms with E-state index in [0.29, 0.717) is 0 Å². The number of nitrogens with zero attached hydrogens (tertiary/aromatic N) is 2. The molecule has 2 aromatic rings. The Hall–Kier alpha value is -3.66. The predicted molar refractivity (Wildman–Crippen MR) is 163 cm³/mol. The summed E-state index contributed by atoms with van der Waals surface area (Å²) in [6.45, 7) is 21.9. The van der Waals surface area contributed by atoms with Crippen LogP contribution in [-0.4, -0.2) is 21.9 Å². The molecule has 4 heterocycles. The number of H-pyrrole nitrogens is 2. The van der Waals surface area contributed by atoms with E-state index in [1.165, 1.54) is 50.1 Å². The van der Waals surface area contributed by atoms with E-state index in [2.05, 4.69) is 109 Å². The van der Waals surface area contributed by atoms with Gasteiger partial charge in [0.15, 0.2) is 0 Å². The molecule has 0 bridgehead atoms. The average molecular weight is 505 g/mol. The van der Waals surface area contributed by atoms with Crippen LogP contribution in [0.4, 0.5) is 0 Å². The Morgan fingerprint density at radius 1 is 0.789 bits per heavy atom. The molecule has 0 aromatic carbocycles.